The summed E-state index contributed by atoms with van der Waals surface area (Å²) in [5, 5.41) is 13.4. The van der Waals surface area contributed by atoms with Crippen LogP contribution in [0, 0.1) is 11.3 Å². The molecule has 1 aliphatic rings. The monoisotopic (exact) mass is 292 g/mol. The molecule has 0 aliphatic carbocycles. The predicted octanol–water partition coefficient (Wildman–Crippen LogP) is 3.43. The molecule has 1 unspecified atom stereocenters. The molecule has 5 heteroatoms. The van der Waals surface area contributed by atoms with Crippen LogP contribution in [0.2, 0.25) is 5.02 Å². The second kappa shape index (κ2) is 6.14. The van der Waals surface area contributed by atoms with Gasteiger partial charge >= 0.3 is 0 Å². The topological polar surface area (TPSA) is 52.9 Å². The quantitative estimate of drug-likeness (QED) is 0.928. The summed E-state index contributed by atoms with van der Waals surface area (Å²) in [6.45, 7) is 1.99. The van der Waals surface area contributed by atoms with E-state index in [1.165, 1.54) is 11.8 Å². The zero-order valence-electron chi connectivity index (χ0n) is 10.4. The normalized spacial score (nSPS) is 19.0. The van der Waals surface area contributed by atoms with E-state index in [0.717, 1.165) is 11.3 Å². The molecule has 0 aromatic heterocycles. The van der Waals surface area contributed by atoms with Crippen molar-refractivity contribution in [3.8, 4) is 6.07 Å². The Hall–Kier alpha value is -1.44. The van der Waals surface area contributed by atoms with Gasteiger partial charge in [-0.15, -0.1) is 11.8 Å². The molecule has 0 spiro atoms. The number of carbonyl (C=O) groups excluding carboxylic acids is 1. The highest BCUT2D eigenvalue weighted by molar-refractivity contribution is 8.03. The number of halogens is 1. The number of hydrogen-bond donors (Lipinski definition) is 1. The van der Waals surface area contributed by atoms with E-state index in [2.05, 4.69) is 11.4 Å². The Morgan fingerprint density at radius 3 is 3.00 bits per heavy atom. The van der Waals surface area contributed by atoms with Gasteiger partial charge in [0.2, 0.25) is 5.91 Å². The van der Waals surface area contributed by atoms with Crippen molar-refractivity contribution in [2.45, 2.75) is 19.3 Å². The van der Waals surface area contributed by atoms with Crippen LogP contribution in [0.3, 0.4) is 0 Å². The van der Waals surface area contributed by atoms with Crippen LogP contribution in [-0.4, -0.2) is 11.7 Å². The zero-order chi connectivity index (χ0) is 13.8. The predicted molar refractivity (Wildman–Crippen MR) is 77.7 cm³/mol. The lowest BCUT2D eigenvalue weighted by molar-refractivity contribution is -0.120. The molecule has 0 fully saturated rings. The standard InChI is InChI=1S/C14H13ClN2OS/c1-2-19-14-12(8-16)11(7-13(18)17-14)9-4-3-5-10(15)6-9/h3-6,11H,2,7H2,1H3,(H,17,18). The molecule has 0 saturated heterocycles. The number of hydrogen-bond acceptors (Lipinski definition) is 3. The molecule has 0 radical (unpaired) electrons. The highest BCUT2D eigenvalue weighted by Gasteiger charge is 2.29. The minimum Gasteiger partial charge on any atom is -0.320 e. The highest BCUT2D eigenvalue weighted by atomic mass is 35.5. The summed E-state index contributed by atoms with van der Waals surface area (Å²) >= 11 is 7.47. The molecule has 2 rings (SSSR count). The van der Waals surface area contributed by atoms with Gasteiger partial charge in [0.25, 0.3) is 0 Å². The van der Waals surface area contributed by atoms with Gasteiger partial charge in [-0.3, -0.25) is 4.79 Å². The largest absolute Gasteiger partial charge is 0.320 e. The van der Waals surface area contributed by atoms with Crippen LogP contribution in [-0.2, 0) is 4.79 Å². The molecule has 1 atom stereocenters. The Morgan fingerprint density at radius 2 is 2.37 bits per heavy atom. The molecular formula is C14H13ClN2OS. The van der Waals surface area contributed by atoms with Crippen LogP contribution in [0.15, 0.2) is 34.9 Å². The van der Waals surface area contributed by atoms with E-state index in [1.807, 2.05) is 25.1 Å². The fourth-order valence-electron chi connectivity index (χ4n) is 2.09. The number of benzene rings is 1. The third-order valence-electron chi connectivity index (χ3n) is 2.90. The average molecular weight is 293 g/mol. The maximum atomic E-state index is 11.8. The van der Waals surface area contributed by atoms with Crippen molar-refractivity contribution in [3.63, 3.8) is 0 Å². The van der Waals surface area contributed by atoms with Gasteiger partial charge in [0.05, 0.1) is 16.7 Å². The van der Waals surface area contributed by atoms with Crippen LogP contribution in [0.1, 0.15) is 24.8 Å². The number of nitrogens with zero attached hydrogens (tertiary/aromatic N) is 1. The minimum atomic E-state index is -0.202. The number of allylic oxidation sites excluding steroid dienone is 1. The summed E-state index contributed by atoms with van der Waals surface area (Å²) in [5.41, 5.74) is 1.53. The number of nitriles is 1. The van der Waals surface area contributed by atoms with Crippen LogP contribution in [0.25, 0.3) is 0 Å². The molecule has 1 amide bonds. The van der Waals surface area contributed by atoms with Gasteiger partial charge in [-0.2, -0.15) is 5.26 Å². The first kappa shape index (κ1) is 14.0. The number of nitrogens with one attached hydrogen (secondary N) is 1. The summed E-state index contributed by atoms with van der Waals surface area (Å²) in [4.78, 5) is 11.8. The summed E-state index contributed by atoms with van der Waals surface area (Å²) < 4.78 is 0. The second-order valence-corrected chi connectivity index (χ2v) is 5.86. The van der Waals surface area contributed by atoms with Gasteiger partial charge < -0.3 is 5.32 Å². The van der Waals surface area contributed by atoms with Gasteiger partial charge in [0.1, 0.15) is 0 Å². The van der Waals surface area contributed by atoms with Crippen molar-refractivity contribution in [3.05, 3.63) is 45.5 Å². The fourth-order valence-corrected chi connectivity index (χ4v) is 3.10. The van der Waals surface area contributed by atoms with Crippen molar-refractivity contribution in [1.29, 1.82) is 5.26 Å². The Morgan fingerprint density at radius 1 is 1.58 bits per heavy atom. The lowest BCUT2D eigenvalue weighted by Crippen LogP contribution is -2.30. The highest BCUT2D eigenvalue weighted by Crippen LogP contribution is 2.36. The molecule has 19 heavy (non-hydrogen) atoms. The first-order valence-electron chi connectivity index (χ1n) is 5.98. The van der Waals surface area contributed by atoms with E-state index in [4.69, 9.17) is 11.6 Å². The van der Waals surface area contributed by atoms with Crippen molar-refractivity contribution in [2.24, 2.45) is 0 Å². The van der Waals surface area contributed by atoms with Crippen molar-refractivity contribution in [2.75, 3.05) is 5.75 Å². The third kappa shape index (κ3) is 3.12. The van der Waals surface area contributed by atoms with Crippen LogP contribution < -0.4 is 5.32 Å². The van der Waals surface area contributed by atoms with E-state index < -0.39 is 0 Å². The van der Waals surface area contributed by atoms with Crippen LogP contribution >= 0.6 is 23.4 Å². The third-order valence-corrected chi connectivity index (χ3v) is 4.03. The summed E-state index contributed by atoms with van der Waals surface area (Å²) in [6.07, 6.45) is 0.289. The smallest absolute Gasteiger partial charge is 0.225 e. The Balaban J connectivity index is 2.45. The average Bonchev–Trinajstić information content (AvgIpc) is 2.38. The SMILES string of the molecule is CCSC1=C(C#N)C(c2cccc(Cl)c2)CC(=O)N1. The van der Waals surface area contributed by atoms with Gasteiger partial charge in [-0.1, -0.05) is 30.7 Å². The fraction of sp³-hybridized carbons (Fsp3) is 0.286. The molecule has 1 N–H and O–H groups in total. The maximum absolute atomic E-state index is 11.8. The molecular weight excluding hydrogens is 280 g/mol. The summed E-state index contributed by atoms with van der Waals surface area (Å²) in [6, 6.07) is 9.57. The summed E-state index contributed by atoms with van der Waals surface area (Å²) in [5.74, 6) is 0.551. The molecule has 98 valence electrons. The summed E-state index contributed by atoms with van der Waals surface area (Å²) in [7, 11) is 0. The van der Waals surface area contributed by atoms with E-state index in [0.29, 0.717) is 15.6 Å². The van der Waals surface area contributed by atoms with Gasteiger partial charge in [0, 0.05) is 17.4 Å². The van der Waals surface area contributed by atoms with Gasteiger partial charge in [-0.25, -0.2) is 0 Å². The van der Waals surface area contributed by atoms with Crippen molar-refractivity contribution >= 4 is 29.3 Å². The Bertz CT molecular complexity index is 577. The maximum Gasteiger partial charge on any atom is 0.225 e. The Kier molecular flexibility index (Phi) is 4.52. The lowest BCUT2D eigenvalue weighted by Gasteiger charge is -2.24. The van der Waals surface area contributed by atoms with E-state index in [-0.39, 0.29) is 18.2 Å². The van der Waals surface area contributed by atoms with Crippen LogP contribution in [0.4, 0.5) is 0 Å². The lowest BCUT2D eigenvalue weighted by atomic mass is 9.87. The molecule has 0 bridgehead atoms. The van der Waals surface area contributed by atoms with Crippen LogP contribution in [0.5, 0.6) is 0 Å². The van der Waals surface area contributed by atoms with Crippen molar-refractivity contribution in [1.82, 2.24) is 5.32 Å². The molecule has 1 aliphatic heterocycles. The molecule has 0 saturated carbocycles. The molecule has 1 aromatic rings. The van der Waals surface area contributed by atoms with E-state index >= 15 is 0 Å². The van der Waals surface area contributed by atoms with E-state index in [1.54, 1.807) is 6.07 Å². The number of carbonyl (C=O) groups is 1. The first-order chi connectivity index (χ1) is 9.15. The van der Waals surface area contributed by atoms with Crippen molar-refractivity contribution < 1.29 is 4.79 Å². The minimum absolute atomic E-state index is 0.0556. The second-order valence-electron chi connectivity index (χ2n) is 4.15. The molecule has 3 nitrogen and oxygen atoms in total. The van der Waals surface area contributed by atoms with E-state index in [9.17, 15) is 10.1 Å². The number of amides is 1. The van der Waals surface area contributed by atoms with Gasteiger partial charge in [0.15, 0.2) is 0 Å². The number of thioether (sulfide) groups is 1. The first-order valence-corrected chi connectivity index (χ1v) is 7.34. The number of rotatable bonds is 3. The molecule has 1 aromatic carbocycles. The molecule has 1 heterocycles. The zero-order valence-corrected chi connectivity index (χ0v) is 12.0. The van der Waals surface area contributed by atoms with Gasteiger partial charge in [-0.05, 0) is 23.4 Å². The Labute approximate surface area is 121 Å².